The van der Waals surface area contributed by atoms with E-state index in [2.05, 4.69) is 10.1 Å². The molecule has 0 atom stereocenters. The maximum absolute atomic E-state index is 12.3. The van der Waals surface area contributed by atoms with Crippen LogP contribution in [0.3, 0.4) is 0 Å². The SMILES string of the molecule is CCOC(=O)C(=O)NCC(=O)c1cc(C#N)ccc1C1CC1. The van der Waals surface area contributed by atoms with Gasteiger partial charge in [-0.2, -0.15) is 5.26 Å². The van der Waals surface area contributed by atoms with Crippen LogP contribution >= 0.6 is 0 Å². The highest BCUT2D eigenvalue weighted by Crippen LogP contribution is 2.41. The molecule has 22 heavy (non-hydrogen) atoms. The number of ketones is 1. The molecule has 1 aliphatic rings. The fraction of sp³-hybridized carbons (Fsp3) is 0.375. The summed E-state index contributed by atoms with van der Waals surface area (Å²) in [6.07, 6.45) is 2.03. The summed E-state index contributed by atoms with van der Waals surface area (Å²) >= 11 is 0. The number of hydrogen-bond donors (Lipinski definition) is 1. The van der Waals surface area contributed by atoms with Crippen LogP contribution in [0.1, 0.15) is 47.2 Å². The van der Waals surface area contributed by atoms with Crippen molar-refractivity contribution in [2.45, 2.75) is 25.7 Å². The van der Waals surface area contributed by atoms with Gasteiger partial charge >= 0.3 is 11.9 Å². The van der Waals surface area contributed by atoms with Gasteiger partial charge in [0.1, 0.15) is 0 Å². The van der Waals surface area contributed by atoms with Crippen LogP contribution in [0.4, 0.5) is 0 Å². The van der Waals surface area contributed by atoms with Crippen molar-refractivity contribution < 1.29 is 19.1 Å². The number of carbonyl (C=O) groups is 3. The molecule has 6 heteroatoms. The number of benzene rings is 1. The first kappa shape index (κ1) is 15.7. The molecule has 1 fully saturated rings. The lowest BCUT2D eigenvalue weighted by atomic mass is 9.97. The van der Waals surface area contributed by atoms with E-state index in [1.54, 1.807) is 19.1 Å². The lowest BCUT2D eigenvalue weighted by Gasteiger charge is -2.09. The van der Waals surface area contributed by atoms with E-state index in [9.17, 15) is 14.4 Å². The minimum Gasteiger partial charge on any atom is -0.459 e. The predicted octanol–water partition coefficient (Wildman–Crippen LogP) is 1.30. The molecule has 1 amide bonds. The van der Waals surface area contributed by atoms with Crippen molar-refractivity contribution in [1.29, 1.82) is 5.26 Å². The normalized spacial score (nSPS) is 13.1. The van der Waals surface area contributed by atoms with Crippen molar-refractivity contribution in [3.05, 3.63) is 34.9 Å². The van der Waals surface area contributed by atoms with Crippen LogP contribution in [0.5, 0.6) is 0 Å². The predicted molar refractivity (Wildman–Crippen MR) is 77.1 cm³/mol. The molecule has 0 unspecified atom stereocenters. The third-order valence-electron chi connectivity index (χ3n) is 3.37. The van der Waals surface area contributed by atoms with E-state index in [1.807, 2.05) is 6.07 Å². The number of nitrogens with zero attached hydrogens (tertiary/aromatic N) is 1. The number of carbonyl (C=O) groups excluding carboxylic acids is 3. The van der Waals surface area contributed by atoms with E-state index in [0.29, 0.717) is 17.0 Å². The van der Waals surface area contributed by atoms with Gasteiger partial charge in [-0.25, -0.2) is 4.79 Å². The first-order chi connectivity index (χ1) is 10.6. The van der Waals surface area contributed by atoms with E-state index in [0.717, 1.165) is 18.4 Å². The second-order valence-corrected chi connectivity index (χ2v) is 5.01. The summed E-state index contributed by atoms with van der Waals surface area (Å²) in [5.74, 6) is -1.94. The molecule has 1 aromatic carbocycles. The zero-order valence-electron chi connectivity index (χ0n) is 12.2. The highest BCUT2D eigenvalue weighted by Gasteiger charge is 2.28. The summed E-state index contributed by atoms with van der Waals surface area (Å²) in [4.78, 5) is 34.9. The molecule has 1 aliphatic carbocycles. The molecule has 2 rings (SSSR count). The molecule has 1 aromatic rings. The Morgan fingerprint density at radius 1 is 1.36 bits per heavy atom. The Hall–Kier alpha value is -2.68. The second-order valence-electron chi connectivity index (χ2n) is 5.01. The van der Waals surface area contributed by atoms with Gasteiger partial charge in [-0.3, -0.25) is 9.59 Å². The van der Waals surface area contributed by atoms with Gasteiger partial charge in [-0.1, -0.05) is 6.07 Å². The average molecular weight is 300 g/mol. The average Bonchev–Trinajstić information content (AvgIpc) is 3.36. The van der Waals surface area contributed by atoms with Crippen LogP contribution in [-0.2, 0) is 14.3 Å². The maximum Gasteiger partial charge on any atom is 0.396 e. The molecular formula is C16H16N2O4. The summed E-state index contributed by atoms with van der Waals surface area (Å²) in [6.45, 7) is 1.38. The van der Waals surface area contributed by atoms with Crippen molar-refractivity contribution in [3.63, 3.8) is 0 Å². The van der Waals surface area contributed by atoms with Gasteiger partial charge in [-0.05, 0) is 43.4 Å². The minimum absolute atomic E-state index is 0.0935. The van der Waals surface area contributed by atoms with Gasteiger partial charge in [0.15, 0.2) is 5.78 Å². The number of hydrogen-bond acceptors (Lipinski definition) is 5. The Morgan fingerprint density at radius 3 is 2.68 bits per heavy atom. The van der Waals surface area contributed by atoms with Gasteiger partial charge in [0, 0.05) is 5.56 Å². The quantitative estimate of drug-likeness (QED) is 0.502. The van der Waals surface area contributed by atoms with Crippen LogP contribution in [0, 0.1) is 11.3 Å². The Balaban J connectivity index is 2.07. The van der Waals surface area contributed by atoms with Crippen molar-refractivity contribution in [1.82, 2.24) is 5.32 Å². The fourth-order valence-corrected chi connectivity index (χ4v) is 2.14. The van der Waals surface area contributed by atoms with Crippen LogP contribution in [0.2, 0.25) is 0 Å². The molecule has 1 saturated carbocycles. The highest BCUT2D eigenvalue weighted by molar-refractivity contribution is 6.32. The van der Waals surface area contributed by atoms with Crippen molar-refractivity contribution in [3.8, 4) is 6.07 Å². The summed E-state index contributed by atoms with van der Waals surface area (Å²) < 4.78 is 4.54. The lowest BCUT2D eigenvalue weighted by Crippen LogP contribution is -2.36. The van der Waals surface area contributed by atoms with E-state index in [4.69, 9.17) is 5.26 Å². The van der Waals surface area contributed by atoms with Gasteiger partial charge in [0.25, 0.3) is 0 Å². The number of esters is 1. The molecule has 0 aliphatic heterocycles. The Morgan fingerprint density at radius 2 is 2.09 bits per heavy atom. The smallest absolute Gasteiger partial charge is 0.396 e. The van der Waals surface area contributed by atoms with Gasteiger partial charge < -0.3 is 10.1 Å². The first-order valence-electron chi connectivity index (χ1n) is 7.09. The molecule has 0 bridgehead atoms. The monoisotopic (exact) mass is 300 g/mol. The van der Waals surface area contributed by atoms with Gasteiger partial charge in [-0.15, -0.1) is 0 Å². The number of nitriles is 1. The largest absolute Gasteiger partial charge is 0.459 e. The van der Waals surface area contributed by atoms with Crippen LogP contribution in [0.25, 0.3) is 0 Å². The third kappa shape index (κ3) is 3.70. The minimum atomic E-state index is -1.01. The molecule has 0 aromatic heterocycles. The molecule has 0 spiro atoms. The molecular weight excluding hydrogens is 284 g/mol. The van der Waals surface area contributed by atoms with Gasteiger partial charge in [0.2, 0.25) is 0 Å². The molecule has 0 heterocycles. The molecule has 0 saturated heterocycles. The highest BCUT2D eigenvalue weighted by atomic mass is 16.5. The van der Waals surface area contributed by atoms with Crippen LogP contribution in [0.15, 0.2) is 18.2 Å². The van der Waals surface area contributed by atoms with E-state index in [1.165, 1.54) is 6.07 Å². The van der Waals surface area contributed by atoms with Crippen molar-refractivity contribution >= 4 is 17.7 Å². The number of amides is 1. The lowest BCUT2D eigenvalue weighted by molar-refractivity contribution is -0.154. The second kappa shape index (κ2) is 6.85. The van der Waals surface area contributed by atoms with E-state index in [-0.39, 0.29) is 18.9 Å². The Kier molecular flexibility index (Phi) is 4.89. The molecule has 1 N–H and O–H groups in total. The summed E-state index contributed by atoms with van der Waals surface area (Å²) in [7, 11) is 0. The summed E-state index contributed by atoms with van der Waals surface area (Å²) in [5, 5.41) is 11.2. The van der Waals surface area contributed by atoms with E-state index >= 15 is 0 Å². The Bertz CT molecular complexity index is 657. The van der Waals surface area contributed by atoms with Crippen LogP contribution in [-0.4, -0.2) is 30.8 Å². The van der Waals surface area contributed by atoms with Crippen molar-refractivity contribution in [2.24, 2.45) is 0 Å². The molecule has 0 radical (unpaired) electrons. The first-order valence-corrected chi connectivity index (χ1v) is 7.09. The van der Waals surface area contributed by atoms with E-state index < -0.39 is 11.9 Å². The number of rotatable bonds is 5. The topological polar surface area (TPSA) is 96.3 Å². The zero-order chi connectivity index (χ0) is 16.1. The maximum atomic E-state index is 12.3. The summed E-state index contributed by atoms with van der Waals surface area (Å²) in [5.41, 5.74) is 1.73. The number of nitrogens with one attached hydrogen (secondary N) is 1. The van der Waals surface area contributed by atoms with Gasteiger partial charge in [0.05, 0.1) is 24.8 Å². The third-order valence-corrected chi connectivity index (χ3v) is 3.37. The number of ether oxygens (including phenoxy) is 1. The zero-order valence-corrected chi connectivity index (χ0v) is 12.2. The van der Waals surface area contributed by atoms with Crippen LogP contribution < -0.4 is 5.32 Å². The number of Topliss-reactive ketones (excluding diaryl/α,β-unsaturated/α-hetero) is 1. The van der Waals surface area contributed by atoms with Crippen molar-refractivity contribution in [2.75, 3.05) is 13.2 Å². The Labute approximate surface area is 128 Å². The fourth-order valence-electron chi connectivity index (χ4n) is 2.14. The summed E-state index contributed by atoms with van der Waals surface area (Å²) in [6, 6.07) is 7.00. The standard InChI is InChI=1S/C16H16N2O4/c1-2-22-16(21)15(20)18-9-14(19)13-7-10(8-17)3-6-12(13)11-4-5-11/h3,6-7,11H,2,4-5,9H2,1H3,(H,18,20). The molecule has 6 nitrogen and oxygen atoms in total. The molecule has 114 valence electrons.